The number of thiophene rings is 1. The number of benzene rings is 2. The van der Waals surface area contributed by atoms with Crippen LogP contribution in [-0.2, 0) is 19.9 Å². The molecule has 0 aliphatic rings. The molecule has 0 spiro atoms. The molecular formula is C23H22O4S. The zero-order chi connectivity index (χ0) is 20.0. The van der Waals surface area contributed by atoms with Crippen LogP contribution in [0.1, 0.15) is 32.6 Å². The number of hydrogen-bond donors (Lipinski definition) is 0. The van der Waals surface area contributed by atoms with E-state index in [2.05, 4.69) is 0 Å². The molecule has 1 aromatic heterocycles. The van der Waals surface area contributed by atoms with Crippen molar-refractivity contribution in [2.45, 2.75) is 19.4 Å². The predicted molar refractivity (Wildman–Crippen MR) is 110 cm³/mol. The first-order valence-corrected chi connectivity index (χ1v) is 9.91. The quantitative estimate of drug-likeness (QED) is 0.408. The molecule has 3 aromatic rings. The molecule has 144 valence electrons. The topological polar surface area (TPSA) is 52.6 Å². The first kappa shape index (κ1) is 20.0. The van der Waals surface area contributed by atoms with Crippen molar-refractivity contribution in [2.75, 3.05) is 13.2 Å². The Bertz CT molecular complexity index is 892. The summed E-state index contributed by atoms with van der Waals surface area (Å²) < 4.78 is 11.5. The minimum atomic E-state index is -1.43. The Hall–Kier alpha value is -2.76. The largest absolute Gasteiger partial charge is 0.455 e. The molecule has 0 bridgehead atoms. The molecule has 1 heterocycles. The lowest BCUT2D eigenvalue weighted by atomic mass is 9.86. The Balaban J connectivity index is 1.94. The maximum Gasteiger partial charge on any atom is 0.348 e. The summed E-state index contributed by atoms with van der Waals surface area (Å²) in [4.78, 5) is 27.3. The summed E-state index contributed by atoms with van der Waals surface area (Å²) in [6.07, 6.45) is 0. The van der Waals surface area contributed by atoms with Gasteiger partial charge in [-0.15, -0.1) is 11.3 Å². The summed E-state index contributed by atoms with van der Waals surface area (Å²) in [5.74, 6) is -0.827. The maximum absolute atomic E-state index is 13.3. The highest BCUT2D eigenvalue weighted by Gasteiger charge is 2.45. The van der Waals surface area contributed by atoms with E-state index in [0.717, 1.165) is 4.88 Å². The van der Waals surface area contributed by atoms with Crippen LogP contribution in [0.25, 0.3) is 0 Å². The number of rotatable bonds is 8. The predicted octanol–water partition coefficient (Wildman–Crippen LogP) is 4.76. The summed E-state index contributed by atoms with van der Waals surface area (Å²) in [6, 6.07) is 22.1. The second-order valence-electron chi connectivity index (χ2n) is 6.26. The SMILES string of the molecule is CCOC(C(=O)OCC(=O)c1ccc(C)s1)(c1ccccc1)c1ccccc1. The van der Waals surface area contributed by atoms with Crippen molar-refractivity contribution in [3.8, 4) is 0 Å². The average molecular weight is 394 g/mol. The van der Waals surface area contributed by atoms with Crippen molar-refractivity contribution in [2.24, 2.45) is 0 Å². The van der Waals surface area contributed by atoms with Crippen molar-refractivity contribution in [3.05, 3.63) is 93.7 Å². The van der Waals surface area contributed by atoms with E-state index in [0.29, 0.717) is 22.6 Å². The lowest BCUT2D eigenvalue weighted by molar-refractivity contribution is -0.167. The van der Waals surface area contributed by atoms with Crippen LogP contribution in [0.5, 0.6) is 0 Å². The van der Waals surface area contributed by atoms with Crippen LogP contribution in [0.4, 0.5) is 0 Å². The van der Waals surface area contributed by atoms with E-state index < -0.39 is 11.6 Å². The fourth-order valence-corrected chi connectivity index (χ4v) is 3.87. The molecule has 0 aliphatic heterocycles. The number of ether oxygens (including phenoxy) is 2. The van der Waals surface area contributed by atoms with Gasteiger partial charge >= 0.3 is 5.97 Å². The maximum atomic E-state index is 13.3. The Morgan fingerprint density at radius 2 is 1.46 bits per heavy atom. The van der Waals surface area contributed by atoms with Gasteiger partial charge < -0.3 is 9.47 Å². The number of carbonyl (C=O) groups is 2. The van der Waals surface area contributed by atoms with E-state index in [4.69, 9.17) is 9.47 Å². The molecule has 5 heteroatoms. The van der Waals surface area contributed by atoms with E-state index in [1.54, 1.807) is 6.07 Å². The Labute approximate surface area is 168 Å². The summed E-state index contributed by atoms with van der Waals surface area (Å²) in [5.41, 5.74) is -0.108. The molecule has 0 fully saturated rings. The molecule has 0 amide bonds. The molecule has 2 aromatic carbocycles. The third-order valence-electron chi connectivity index (χ3n) is 4.36. The van der Waals surface area contributed by atoms with E-state index in [9.17, 15) is 9.59 Å². The third-order valence-corrected chi connectivity index (χ3v) is 5.40. The molecule has 0 N–H and O–H groups in total. The highest BCUT2D eigenvalue weighted by Crippen LogP contribution is 2.35. The van der Waals surface area contributed by atoms with Crippen LogP contribution < -0.4 is 0 Å². The number of hydrogen-bond acceptors (Lipinski definition) is 5. The fourth-order valence-electron chi connectivity index (χ4n) is 3.08. The average Bonchev–Trinajstić information content (AvgIpc) is 3.17. The number of Topliss-reactive ketones (excluding diaryl/α,β-unsaturated/α-hetero) is 1. The normalized spacial score (nSPS) is 11.2. The van der Waals surface area contributed by atoms with Crippen molar-refractivity contribution in [1.82, 2.24) is 0 Å². The second-order valence-corrected chi connectivity index (χ2v) is 7.54. The highest BCUT2D eigenvalue weighted by atomic mass is 32.1. The van der Waals surface area contributed by atoms with Crippen molar-refractivity contribution in [3.63, 3.8) is 0 Å². The first-order chi connectivity index (χ1) is 13.6. The van der Waals surface area contributed by atoms with Gasteiger partial charge in [0.25, 0.3) is 0 Å². The zero-order valence-electron chi connectivity index (χ0n) is 15.9. The fraction of sp³-hybridized carbons (Fsp3) is 0.217. The summed E-state index contributed by atoms with van der Waals surface area (Å²) in [6.45, 7) is 3.73. The summed E-state index contributed by atoms with van der Waals surface area (Å²) in [5, 5.41) is 0. The van der Waals surface area contributed by atoms with Crippen LogP contribution in [0.15, 0.2) is 72.8 Å². The van der Waals surface area contributed by atoms with Gasteiger partial charge in [0, 0.05) is 11.5 Å². The van der Waals surface area contributed by atoms with Crippen LogP contribution in [0, 0.1) is 6.92 Å². The van der Waals surface area contributed by atoms with Crippen LogP contribution in [0.3, 0.4) is 0 Å². The zero-order valence-corrected chi connectivity index (χ0v) is 16.7. The van der Waals surface area contributed by atoms with Gasteiger partial charge in [0.1, 0.15) is 0 Å². The smallest absolute Gasteiger partial charge is 0.348 e. The van der Waals surface area contributed by atoms with Gasteiger partial charge in [-0.3, -0.25) is 4.79 Å². The molecule has 0 aliphatic carbocycles. The van der Waals surface area contributed by atoms with Gasteiger partial charge in [-0.2, -0.15) is 0 Å². The molecule has 0 saturated heterocycles. The second kappa shape index (κ2) is 8.95. The van der Waals surface area contributed by atoms with Crippen molar-refractivity contribution < 1.29 is 19.1 Å². The number of ketones is 1. The van der Waals surface area contributed by atoms with E-state index in [-0.39, 0.29) is 12.4 Å². The Morgan fingerprint density at radius 1 is 0.893 bits per heavy atom. The Kier molecular flexibility index (Phi) is 6.39. The van der Waals surface area contributed by atoms with E-state index >= 15 is 0 Å². The van der Waals surface area contributed by atoms with E-state index in [1.807, 2.05) is 80.6 Å². The van der Waals surface area contributed by atoms with Crippen LogP contribution in [-0.4, -0.2) is 25.0 Å². The molecule has 3 rings (SSSR count). The molecule has 0 saturated carbocycles. The van der Waals surface area contributed by atoms with Gasteiger partial charge in [-0.05, 0) is 37.1 Å². The first-order valence-electron chi connectivity index (χ1n) is 9.09. The minimum absolute atomic E-state index is 0.224. The number of aryl methyl sites for hydroxylation is 1. The third kappa shape index (κ3) is 4.06. The molecule has 0 radical (unpaired) electrons. The van der Waals surface area contributed by atoms with Gasteiger partial charge in [-0.25, -0.2) is 4.79 Å². The molecule has 4 nitrogen and oxygen atoms in total. The molecule has 28 heavy (non-hydrogen) atoms. The van der Waals surface area contributed by atoms with Crippen molar-refractivity contribution >= 4 is 23.1 Å². The van der Waals surface area contributed by atoms with Gasteiger partial charge in [0.15, 0.2) is 6.61 Å². The van der Waals surface area contributed by atoms with Crippen LogP contribution in [0.2, 0.25) is 0 Å². The monoisotopic (exact) mass is 394 g/mol. The lowest BCUT2D eigenvalue weighted by Gasteiger charge is -2.32. The van der Waals surface area contributed by atoms with Gasteiger partial charge in [0.2, 0.25) is 11.4 Å². The highest BCUT2D eigenvalue weighted by molar-refractivity contribution is 7.14. The number of esters is 1. The standard InChI is InChI=1S/C23H22O4S/c1-3-27-23(18-10-6-4-7-11-18,19-12-8-5-9-13-19)22(25)26-16-20(24)21-15-14-17(2)28-21/h4-15H,3,16H2,1-2H3. The van der Waals surface area contributed by atoms with E-state index in [1.165, 1.54) is 11.3 Å². The van der Waals surface area contributed by atoms with Gasteiger partial charge in [0.05, 0.1) is 4.88 Å². The van der Waals surface area contributed by atoms with Gasteiger partial charge in [-0.1, -0.05) is 60.7 Å². The van der Waals surface area contributed by atoms with Crippen LogP contribution >= 0.6 is 11.3 Å². The van der Waals surface area contributed by atoms with Crippen molar-refractivity contribution in [1.29, 1.82) is 0 Å². The molecular weight excluding hydrogens is 372 g/mol. The molecule has 0 atom stereocenters. The molecule has 0 unspecified atom stereocenters. The lowest BCUT2D eigenvalue weighted by Crippen LogP contribution is -2.42. The Morgan fingerprint density at radius 3 is 1.93 bits per heavy atom. The summed E-state index contributed by atoms with van der Waals surface area (Å²) >= 11 is 1.39. The minimum Gasteiger partial charge on any atom is -0.455 e. The number of carbonyl (C=O) groups excluding carboxylic acids is 2. The summed E-state index contributed by atoms with van der Waals surface area (Å²) in [7, 11) is 0.